The zero-order valence-corrected chi connectivity index (χ0v) is 7.25. The van der Waals surface area contributed by atoms with Crippen molar-refractivity contribution < 1.29 is 4.92 Å². The smallest absolute Gasteiger partial charge is 0.250 e. The van der Waals surface area contributed by atoms with E-state index in [4.69, 9.17) is 0 Å². The Kier molecular flexibility index (Phi) is 3.03. The first-order valence-corrected chi connectivity index (χ1v) is 3.80. The maximum absolute atomic E-state index is 10.0. The molecule has 0 saturated heterocycles. The van der Waals surface area contributed by atoms with Gasteiger partial charge in [-0.1, -0.05) is 18.2 Å². The molecule has 1 aromatic rings. The van der Waals surface area contributed by atoms with Crippen molar-refractivity contribution in [2.45, 2.75) is 0 Å². The van der Waals surface area contributed by atoms with Crippen LogP contribution in [0.15, 0.2) is 42.7 Å². The maximum atomic E-state index is 10.0. The first kappa shape index (κ1) is 9.25. The normalized spacial score (nSPS) is 10.2. The lowest BCUT2D eigenvalue weighted by Gasteiger charge is -2.11. The first-order chi connectivity index (χ1) is 6.20. The van der Waals surface area contributed by atoms with E-state index in [2.05, 4.69) is 0 Å². The van der Waals surface area contributed by atoms with Crippen LogP contribution in [-0.2, 0) is 0 Å². The van der Waals surface area contributed by atoms with Crippen LogP contribution in [0, 0.1) is 10.1 Å². The Morgan fingerprint density at radius 1 is 1.38 bits per heavy atom. The Hall–Kier alpha value is -1.84. The third kappa shape index (κ3) is 2.94. The molecule has 4 heteroatoms. The van der Waals surface area contributed by atoms with Gasteiger partial charge >= 0.3 is 0 Å². The average molecular weight is 178 g/mol. The van der Waals surface area contributed by atoms with Crippen LogP contribution in [0.25, 0.3) is 0 Å². The molecule has 0 unspecified atom stereocenters. The predicted molar refractivity (Wildman–Crippen MR) is 51.0 cm³/mol. The largest absolute Gasteiger partial charge is 0.346 e. The van der Waals surface area contributed by atoms with E-state index < -0.39 is 4.92 Å². The van der Waals surface area contributed by atoms with E-state index in [0.717, 1.165) is 11.9 Å². The molecule has 0 aliphatic rings. The molecule has 0 fully saturated rings. The van der Waals surface area contributed by atoms with Gasteiger partial charge in [-0.3, -0.25) is 10.1 Å². The van der Waals surface area contributed by atoms with Crippen LogP contribution < -0.4 is 4.90 Å². The van der Waals surface area contributed by atoms with Crippen LogP contribution >= 0.6 is 0 Å². The molecule has 0 bridgehead atoms. The lowest BCUT2D eigenvalue weighted by atomic mass is 10.3. The molecule has 4 nitrogen and oxygen atoms in total. The van der Waals surface area contributed by atoms with Crippen molar-refractivity contribution in [1.82, 2.24) is 0 Å². The molecule has 0 aromatic heterocycles. The Balaban J connectivity index is 2.69. The number of nitro groups is 1. The number of para-hydroxylation sites is 1. The van der Waals surface area contributed by atoms with Gasteiger partial charge in [-0.25, -0.2) is 0 Å². The van der Waals surface area contributed by atoms with Crippen molar-refractivity contribution in [2.24, 2.45) is 0 Å². The number of nitrogens with zero attached hydrogens (tertiary/aromatic N) is 2. The third-order valence-corrected chi connectivity index (χ3v) is 1.58. The average Bonchev–Trinajstić information content (AvgIpc) is 2.15. The summed E-state index contributed by atoms with van der Waals surface area (Å²) >= 11 is 0. The van der Waals surface area contributed by atoms with E-state index in [1.807, 2.05) is 30.3 Å². The highest BCUT2D eigenvalue weighted by Crippen LogP contribution is 2.10. The Morgan fingerprint density at radius 3 is 2.54 bits per heavy atom. The molecule has 0 amide bonds. The molecule has 13 heavy (non-hydrogen) atoms. The van der Waals surface area contributed by atoms with Gasteiger partial charge in [0.25, 0.3) is 6.20 Å². The highest BCUT2D eigenvalue weighted by Gasteiger charge is 1.95. The van der Waals surface area contributed by atoms with Crippen molar-refractivity contribution in [1.29, 1.82) is 0 Å². The quantitative estimate of drug-likeness (QED) is 0.524. The van der Waals surface area contributed by atoms with Gasteiger partial charge in [-0.15, -0.1) is 0 Å². The molecule has 0 aliphatic heterocycles. The van der Waals surface area contributed by atoms with Crippen molar-refractivity contribution in [2.75, 3.05) is 11.9 Å². The second-order valence-electron chi connectivity index (χ2n) is 2.53. The van der Waals surface area contributed by atoms with Crippen molar-refractivity contribution in [3.8, 4) is 0 Å². The van der Waals surface area contributed by atoms with Gasteiger partial charge in [-0.05, 0) is 12.1 Å². The fourth-order valence-electron chi connectivity index (χ4n) is 0.904. The van der Waals surface area contributed by atoms with Crippen LogP contribution in [-0.4, -0.2) is 12.0 Å². The molecular formula is C9H10N2O2. The Morgan fingerprint density at radius 2 is 2.00 bits per heavy atom. The van der Waals surface area contributed by atoms with E-state index in [9.17, 15) is 10.1 Å². The van der Waals surface area contributed by atoms with Crippen molar-refractivity contribution in [3.63, 3.8) is 0 Å². The van der Waals surface area contributed by atoms with E-state index in [1.165, 1.54) is 6.20 Å². The van der Waals surface area contributed by atoms with Gasteiger partial charge < -0.3 is 4.90 Å². The van der Waals surface area contributed by atoms with Gasteiger partial charge in [0.15, 0.2) is 0 Å². The number of benzene rings is 1. The van der Waals surface area contributed by atoms with Crippen molar-refractivity contribution in [3.05, 3.63) is 52.8 Å². The number of rotatable bonds is 3. The molecule has 0 spiro atoms. The monoisotopic (exact) mass is 178 g/mol. The minimum Gasteiger partial charge on any atom is -0.346 e. The predicted octanol–water partition coefficient (Wildman–Crippen LogP) is 1.87. The highest BCUT2D eigenvalue weighted by atomic mass is 16.6. The molecule has 0 aliphatic carbocycles. The molecule has 0 radical (unpaired) electrons. The van der Waals surface area contributed by atoms with Crippen LogP contribution in [0.3, 0.4) is 0 Å². The topological polar surface area (TPSA) is 46.4 Å². The molecule has 0 atom stereocenters. The minimum absolute atomic E-state index is 0.487. The van der Waals surface area contributed by atoms with Gasteiger partial charge in [0, 0.05) is 12.7 Å². The summed E-state index contributed by atoms with van der Waals surface area (Å²) in [7, 11) is 1.76. The van der Waals surface area contributed by atoms with Crippen molar-refractivity contribution >= 4 is 5.69 Å². The summed E-state index contributed by atoms with van der Waals surface area (Å²) < 4.78 is 0. The Bertz CT molecular complexity index is 309. The SMILES string of the molecule is CN(/C=C/[N+](=O)[O-])c1ccccc1. The highest BCUT2D eigenvalue weighted by molar-refractivity contribution is 5.47. The zero-order chi connectivity index (χ0) is 9.68. The molecule has 1 rings (SSSR count). The molecule has 0 N–H and O–H groups in total. The molecule has 0 saturated carbocycles. The van der Waals surface area contributed by atoms with Gasteiger partial charge in [0.2, 0.25) is 0 Å². The summed E-state index contributed by atoms with van der Waals surface area (Å²) in [4.78, 5) is 11.2. The van der Waals surface area contributed by atoms with Gasteiger partial charge in [0.1, 0.15) is 0 Å². The maximum Gasteiger partial charge on any atom is 0.250 e. The van der Waals surface area contributed by atoms with Crippen LogP contribution in [0.1, 0.15) is 0 Å². The third-order valence-electron chi connectivity index (χ3n) is 1.58. The summed E-state index contributed by atoms with van der Waals surface area (Å²) in [5.41, 5.74) is 0.917. The van der Waals surface area contributed by atoms with Gasteiger partial charge in [0.05, 0.1) is 11.1 Å². The van der Waals surface area contributed by atoms with E-state index in [-0.39, 0.29) is 0 Å². The summed E-state index contributed by atoms with van der Waals surface area (Å²) in [5.74, 6) is 0. The first-order valence-electron chi connectivity index (χ1n) is 3.80. The zero-order valence-electron chi connectivity index (χ0n) is 7.25. The van der Waals surface area contributed by atoms with E-state index >= 15 is 0 Å². The Labute approximate surface area is 76.2 Å². The summed E-state index contributed by atoms with van der Waals surface area (Å²) in [6, 6.07) is 9.42. The van der Waals surface area contributed by atoms with E-state index in [1.54, 1.807) is 11.9 Å². The fraction of sp³-hybridized carbons (Fsp3) is 0.111. The molecule has 68 valence electrons. The molecule has 1 aromatic carbocycles. The van der Waals surface area contributed by atoms with Crippen LogP contribution in [0.5, 0.6) is 0 Å². The van der Waals surface area contributed by atoms with Gasteiger partial charge in [-0.2, -0.15) is 0 Å². The summed E-state index contributed by atoms with van der Waals surface area (Å²) in [6.07, 6.45) is 2.32. The van der Waals surface area contributed by atoms with E-state index in [0.29, 0.717) is 0 Å². The number of anilines is 1. The molecular weight excluding hydrogens is 168 g/mol. The second-order valence-corrected chi connectivity index (χ2v) is 2.53. The second kappa shape index (κ2) is 4.25. The number of hydrogen-bond acceptors (Lipinski definition) is 3. The fourth-order valence-corrected chi connectivity index (χ4v) is 0.904. The van der Waals surface area contributed by atoms with Crippen LogP contribution in [0.4, 0.5) is 5.69 Å². The van der Waals surface area contributed by atoms with Crippen LogP contribution in [0.2, 0.25) is 0 Å². The summed E-state index contributed by atoms with van der Waals surface area (Å²) in [5, 5.41) is 10.0. The lowest BCUT2D eigenvalue weighted by molar-refractivity contribution is -0.402. The minimum atomic E-state index is -0.487. The molecule has 0 heterocycles. The summed E-state index contributed by atoms with van der Waals surface area (Å²) in [6.45, 7) is 0. The lowest BCUT2D eigenvalue weighted by Crippen LogP contribution is -2.08. The number of hydrogen-bond donors (Lipinski definition) is 0. The standard InChI is InChI=1S/C9H10N2O2/c1-10(7-8-11(12)13)9-5-3-2-4-6-9/h2-8H,1H3/b8-7+.